The molecule has 0 saturated carbocycles. The number of amides is 1. The maximum atomic E-state index is 12.6. The van der Waals surface area contributed by atoms with E-state index in [0.717, 1.165) is 5.56 Å². The number of ether oxygens (including phenoxy) is 1. The Morgan fingerprint density at radius 2 is 1.89 bits per heavy atom. The molecule has 0 bridgehead atoms. The van der Waals surface area contributed by atoms with Crippen molar-refractivity contribution in [3.8, 4) is 0 Å². The number of anilines is 1. The average Bonchev–Trinajstić information content (AvgIpc) is 3.06. The van der Waals surface area contributed by atoms with E-state index in [2.05, 4.69) is 10.5 Å². The number of nitrogens with zero attached hydrogens (tertiary/aromatic N) is 2. The molecule has 8 nitrogen and oxygen atoms in total. The van der Waals surface area contributed by atoms with Crippen molar-refractivity contribution in [1.29, 1.82) is 0 Å². The lowest BCUT2D eigenvalue weighted by molar-refractivity contribution is -0.115. The first-order valence-electron chi connectivity index (χ1n) is 9.04. The molecule has 0 radical (unpaired) electrons. The Hall–Kier alpha value is -2.49. The third-order valence-electron chi connectivity index (χ3n) is 4.39. The van der Waals surface area contributed by atoms with Gasteiger partial charge in [-0.3, -0.25) is 4.79 Å². The lowest BCUT2D eigenvalue weighted by Gasteiger charge is -2.26. The molecule has 2 aromatic rings. The number of sulfonamides is 1. The van der Waals surface area contributed by atoms with Crippen LogP contribution in [0.2, 0.25) is 0 Å². The Balaban J connectivity index is 1.75. The maximum Gasteiger partial charge on any atom is 0.243 e. The molecule has 150 valence electrons. The highest BCUT2D eigenvalue weighted by Gasteiger charge is 2.25. The quantitative estimate of drug-likeness (QED) is 0.792. The molecule has 0 aliphatic carbocycles. The number of rotatable bonds is 6. The Morgan fingerprint density at radius 3 is 2.54 bits per heavy atom. The van der Waals surface area contributed by atoms with Gasteiger partial charge >= 0.3 is 0 Å². The molecule has 9 heteroatoms. The van der Waals surface area contributed by atoms with E-state index in [1.165, 1.54) is 4.31 Å². The predicted octanol–water partition coefficient (Wildman–Crippen LogP) is 2.52. The van der Waals surface area contributed by atoms with Crippen LogP contribution in [0.25, 0.3) is 12.2 Å². The Kier molecular flexibility index (Phi) is 6.28. The number of morpholine rings is 1. The van der Waals surface area contributed by atoms with Gasteiger partial charge in [-0.05, 0) is 30.7 Å². The van der Waals surface area contributed by atoms with E-state index in [4.69, 9.17) is 9.26 Å². The van der Waals surface area contributed by atoms with Crippen LogP contribution in [0, 0.1) is 6.92 Å². The van der Waals surface area contributed by atoms with E-state index in [9.17, 15) is 13.2 Å². The van der Waals surface area contributed by atoms with E-state index in [1.54, 1.807) is 50.3 Å². The summed E-state index contributed by atoms with van der Waals surface area (Å²) in [7, 11) is -3.51. The Morgan fingerprint density at radius 1 is 1.21 bits per heavy atom. The van der Waals surface area contributed by atoms with E-state index >= 15 is 0 Å². The van der Waals surface area contributed by atoms with Crippen molar-refractivity contribution in [3.63, 3.8) is 0 Å². The zero-order chi connectivity index (χ0) is 20.1. The van der Waals surface area contributed by atoms with Gasteiger partial charge in [0.25, 0.3) is 0 Å². The molecule has 2 heterocycles. The second kappa shape index (κ2) is 8.68. The molecule has 1 saturated heterocycles. The summed E-state index contributed by atoms with van der Waals surface area (Å²) in [5, 5.41) is 6.65. The SMILES string of the molecule is CCC(=O)Nc1c(C)noc1/C=C\c1ccc(S(=O)(=O)N2CCOCC2)cc1. The summed E-state index contributed by atoms with van der Waals surface area (Å²) >= 11 is 0. The van der Waals surface area contributed by atoms with Crippen molar-refractivity contribution >= 4 is 33.8 Å². The topological polar surface area (TPSA) is 102 Å². The van der Waals surface area contributed by atoms with E-state index < -0.39 is 10.0 Å². The fourth-order valence-corrected chi connectivity index (χ4v) is 4.15. The van der Waals surface area contributed by atoms with Crippen LogP contribution >= 0.6 is 0 Å². The maximum absolute atomic E-state index is 12.6. The number of hydrogen-bond donors (Lipinski definition) is 1. The smallest absolute Gasteiger partial charge is 0.243 e. The third kappa shape index (κ3) is 4.49. The van der Waals surface area contributed by atoms with E-state index in [0.29, 0.717) is 49.9 Å². The third-order valence-corrected chi connectivity index (χ3v) is 6.30. The summed E-state index contributed by atoms with van der Waals surface area (Å²) in [6.07, 6.45) is 3.82. The van der Waals surface area contributed by atoms with Crippen LogP contribution in [0.5, 0.6) is 0 Å². The number of aryl methyl sites for hydroxylation is 1. The Labute approximate surface area is 164 Å². The zero-order valence-corrected chi connectivity index (χ0v) is 16.7. The predicted molar refractivity (Wildman–Crippen MR) is 105 cm³/mol. The molecule has 28 heavy (non-hydrogen) atoms. The van der Waals surface area contributed by atoms with Gasteiger partial charge in [0.1, 0.15) is 11.4 Å². The molecular weight excluding hydrogens is 382 g/mol. The van der Waals surface area contributed by atoms with Crippen LogP contribution in [-0.2, 0) is 19.6 Å². The van der Waals surface area contributed by atoms with Gasteiger partial charge in [0.2, 0.25) is 15.9 Å². The number of benzene rings is 1. The summed E-state index contributed by atoms with van der Waals surface area (Å²) in [6, 6.07) is 6.60. The molecule has 1 aromatic heterocycles. The second-order valence-corrected chi connectivity index (χ2v) is 8.27. The molecule has 3 rings (SSSR count). The molecule has 1 fully saturated rings. The van der Waals surface area contributed by atoms with Gasteiger partial charge in [-0.1, -0.05) is 30.3 Å². The standard InChI is InChI=1S/C19H23N3O5S/c1-3-18(23)20-19-14(2)21-27-17(19)9-6-15-4-7-16(8-5-15)28(24,25)22-10-12-26-13-11-22/h4-9H,3,10-13H2,1-2H3,(H,20,23)/b9-6-. The fourth-order valence-electron chi connectivity index (χ4n) is 2.74. The molecule has 1 N–H and O–H groups in total. The van der Waals surface area contributed by atoms with Gasteiger partial charge in [0.05, 0.1) is 18.1 Å². The van der Waals surface area contributed by atoms with E-state index in [-0.39, 0.29) is 10.8 Å². The van der Waals surface area contributed by atoms with Crippen molar-refractivity contribution in [2.75, 3.05) is 31.6 Å². The van der Waals surface area contributed by atoms with Gasteiger partial charge in [0.15, 0.2) is 5.76 Å². The molecular formula is C19H23N3O5S. The van der Waals surface area contributed by atoms with E-state index in [1.807, 2.05) is 0 Å². The monoisotopic (exact) mass is 405 g/mol. The van der Waals surface area contributed by atoms with Gasteiger partial charge in [0, 0.05) is 19.5 Å². The molecule has 1 aromatic carbocycles. The first-order chi connectivity index (χ1) is 13.4. The van der Waals surface area contributed by atoms with Gasteiger partial charge < -0.3 is 14.6 Å². The largest absolute Gasteiger partial charge is 0.379 e. The van der Waals surface area contributed by atoms with Crippen LogP contribution < -0.4 is 5.32 Å². The van der Waals surface area contributed by atoms with Crippen molar-refractivity contribution in [2.45, 2.75) is 25.2 Å². The molecule has 1 aliphatic rings. The number of nitrogens with one attached hydrogen (secondary N) is 1. The zero-order valence-electron chi connectivity index (χ0n) is 15.8. The molecule has 0 spiro atoms. The Bertz CT molecular complexity index is 958. The number of carbonyl (C=O) groups is 1. The van der Waals surface area contributed by atoms with Crippen LogP contribution in [0.4, 0.5) is 5.69 Å². The summed E-state index contributed by atoms with van der Waals surface area (Å²) < 4.78 is 37.2. The number of hydrogen-bond acceptors (Lipinski definition) is 6. The minimum absolute atomic E-state index is 0.126. The summed E-state index contributed by atoms with van der Waals surface area (Å²) in [5.41, 5.74) is 1.92. The van der Waals surface area contributed by atoms with Crippen LogP contribution in [0.1, 0.15) is 30.4 Å². The molecule has 0 unspecified atom stereocenters. The highest BCUT2D eigenvalue weighted by molar-refractivity contribution is 7.89. The molecule has 0 atom stereocenters. The van der Waals surface area contributed by atoms with Gasteiger partial charge in [-0.15, -0.1) is 0 Å². The van der Waals surface area contributed by atoms with Crippen molar-refractivity contribution in [3.05, 3.63) is 41.3 Å². The molecule has 1 aliphatic heterocycles. The summed E-state index contributed by atoms with van der Waals surface area (Å²) in [6.45, 7) is 5.06. The van der Waals surface area contributed by atoms with Crippen molar-refractivity contribution < 1.29 is 22.5 Å². The first-order valence-corrected chi connectivity index (χ1v) is 10.5. The van der Waals surface area contributed by atoms with Crippen molar-refractivity contribution in [2.24, 2.45) is 0 Å². The number of carbonyl (C=O) groups excluding carboxylic acids is 1. The second-order valence-electron chi connectivity index (χ2n) is 6.33. The van der Waals surface area contributed by atoms with Crippen molar-refractivity contribution in [1.82, 2.24) is 9.46 Å². The average molecular weight is 405 g/mol. The van der Waals surface area contributed by atoms with Crippen LogP contribution in [-0.4, -0.2) is 50.1 Å². The lowest BCUT2D eigenvalue weighted by Crippen LogP contribution is -2.40. The minimum atomic E-state index is -3.51. The highest BCUT2D eigenvalue weighted by Crippen LogP contribution is 2.23. The van der Waals surface area contributed by atoms with Crippen LogP contribution in [0.15, 0.2) is 33.7 Å². The normalized spacial score (nSPS) is 15.8. The summed E-state index contributed by atoms with van der Waals surface area (Å²) in [4.78, 5) is 11.9. The highest BCUT2D eigenvalue weighted by atomic mass is 32.2. The van der Waals surface area contributed by atoms with Gasteiger partial charge in [-0.25, -0.2) is 8.42 Å². The summed E-state index contributed by atoms with van der Waals surface area (Å²) in [5.74, 6) is 0.308. The van der Waals surface area contributed by atoms with Crippen LogP contribution in [0.3, 0.4) is 0 Å². The minimum Gasteiger partial charge on any atom is -0.379 e. The lowest BCUT2D eigenvalue weighted by atomic mass is 10.2. The fraction of sp³-hybridized carbons (Fsp3) is 0.368. The van der Waals surface area contributed by atoms with Gasteiger partial charge in [-0.2, -0.15) is 4.31 Å². The number of aromatic nitrogens is 1. The first kappa shape index (κ1) is 20.2. The molecule has 1 amide bonds.